The Morgan fingerprint density at radius 3 is 1.21 bits per heavy atom. The molecule has 0 fully saturated rings. The van der Waals surface area contributed by atoms with Gasteiger partial charge in [0.25, 0.3) is 0 Å². The lowest BCUT2D eigenvalue weighted by Crippen LogP contribution is -1.97. The van der Waals surface area contributed by atoms with E-state index in [1.165, 1.54) is 38.1 Å². The highest BCUT2D eigenvalue weighted by atomic mass is 19.2. The van der Waals surface area contributed by atoms with Crippen molar-refractivity contribution in [1.29, 1.82) is 0 Å². The lowest BCUT2D eigenvalue weighted by molar-refractivity contribution is 0.504. The Kier molecular flexibility index (Phi) is 4.14. The largest absolute Gasteiger partial charge is 0.203 e. The zero-order chi connectivity index (χ0) is 17.4. The summed E-state index contributed by atoms with van der Waals surface area (Å²) in [5.41, 5.74) is 0.984. The molecule has 0 radical (unpaired) electrons. The fourth-order valence-electron chi connectivity index (χ4n) is 2.66. The average molecular weight is 330 g/mol. The number of benzene rings is 3. The first-order valence-corrected chi connectivity index (χ1v) is 7.40. The van der Waals surface area contributed by atoms with E-state index in [1.807, 2.05) is 0 Å². The van der Waals surface area contributed by atoms with E-state index in [-0.39, 0.29) is 22.3 Å². The predicted octanol–water partition coefficient (Wildman–Crippen LogP) is 6.19. The summed E-state index contributed by atoms with van der Waals surface area (Å²) >= 11 is 0. The molecule has 0 bridgehead atoms. The van der Waals surface area contributed by atoms with Gasteiger partial charge in [-0.1, -0.05) is 48.5 Å². The van der Waals surface area contributed by atoms with E-state index in [9.17, 15) is 17.6 Å². The molecule has 0 amide bonds. The van der Waals surface area contributed by atoms with Gasteiger partial charge in [0, 0.05) is 11.1 Å². The Bertz CT molecular complexity index is 853. The summed E-state index contributed by atoms with van der Waals surface area (Å²) in [6.45, 7) is 2.92. The van der Waals surface area contributed by atoms with Crippen LogP contribution in [0.4, 0.5) is 17.6 Å². The summed E-state index contributed by atoms with van der Waals surface area (Å²) in [5.74, 6) is -3.90. The number of rotatable bonds is 2. The van der Waals surface area contributed by atoms with Crippen LogP contribution in [-0.2, 0) is 0 Å². The first-order chi connectivity index (χ1) is 11.4. The molecule has 0 atom stereocenters. The molecule has 3 rings (SSSR count). The fraction of sp³-hybridized carbons (Fsp3) is 0.100. The summed E-state index contributed by atoms with van der Waals surface area (Å²) in [4.78, 5) is 0. The zero-order valence-electron chi connectivity index (χ0n) is 13.1. The van der Waals surface area contributed by atoms with Crippen molar-refractivity contribution in [1.82, 2.24) is 0 Å². The highest BCUT2D eigenvalue weighted by molar-refractivity contribution is 5.84. The van der Waals surface area contributed by atoms with E-state index >= 15 is 0 Å². The van der Waals surface area contributed by atoms with E-state index in [4.69, 9.17) is 0 Å². The van der Waals surface area contributed by atoms with Crippen molar-refractivity contribution in [2.24, 2.45) is 0 Å². The van der Waals surface area contributed by atoms with Gasteiger partial charge in [0.05, 0.1) is 0 Å². The van der Waals surface area contributed by atoms with E-state index < -0.39 is 23.3 Å². The van der Waals surface area contributed by atoms with Crippen LogP contribution in [-0.4, -0.2) is 0 Å². The van der Waals surface area contributed by atoms with Gasteiger partial charge < -0.3 is 0 Å². The van der Waals surface area contributed by atoms with Crippen LogP contribution < -0.4 is 0 Å². The van der Waals surface area contributed by atoms with Gasteiger partial charge in [0.1, 0.15) is 0 Å². The number of aryl methyl sites for hydroxylation is 2. The zero-order valence-corrected chi connectivity index (χ0v) is 13.1. The summed E-state index contributed by atoms with van der Waals surface area (Å²) in [6, 6.07) is 12.2. The number of hydrogen-bond donors (Lipinski definition) is 0. The Labute approximate surface area is 137 Å². The van der Waals surface area contributed by atoms with Gasteiger partial charge in [-0.2, -0.15) is 0 Å². The minimum absolute atomic E-state index is 0.00841. The van der Waals surface area contributed by atoms with Gasteiger partial charge in [-0.3, -0.25) is 0 Å². The SMILES string of the molecule is Cc1ccc(-c2ccccc2-c2ccc(C)c(F)c2F)c(F)c1F. The second kappa shape index (κ2) is 6.11. The highest BCUT2D eigenvalue weighted by Crippen LogP contribution is 2.36. The second-order valence-corrected chi connectivity index (χ2v) is 5.66. The molecule has 0 heterocycles. The maximum absolute atomic E-state index is 14.3. The van der Waals surface area contributed by atoms with E-state index in [0.717, 1.165) is 0 Å². The summed E-state index contributed by atoms with van der Waals surface area (Å²) < 4.78 is 56.5. The van der Waals surface area contributed by atoms with Crippen molar-refractivity contribution in [3.63, 3.8) is 0 Å². The third-order valence-corrected chi connectivity index (χ3v) is 4.06. The Balaban J connectivity index is 2.28. The maximum atomic E-state index is 14.3. The third-order valence-electron chi connectivity index (χ3n) is 4.06. The van der Waals surface area contributed by atoms with Crippen LogP contribution in [0.3, 0.4) is 0 Å². The minimum atomic E-state index is -1.00. The van der Waals surface area contributed by atoms with Gasteiger partial charge in [0.2, 0.25) is 0 Å². The van der Waals surface area contributed by atoms with Crippen molar-refractivity contribution in [3.8, 4) is 22.3 Å². The molecule has 0 nitrogen and oxygen atoms in total. The van der Waals surface area contributed by atoms with Crippen molar-refractivity contribution < 1.29 is 17.6 Å². The molecule has 0 aliphatic heterocycles. The van der Waals surface area contributed by atoms with Crippen molar-refractivity contribution in [3.05, 3.63) is 82.9 Å². The maximum Gasteiger partial charge on any atom is 0.166 e. The number of halogens is 4. The predicted molar refractivity (Wildman–Crippen MR) is 86.6 cm³/mol. The third kappa shape index (κ3) is 2.58. The highest BCUT2D eigenvalue weighted by Gasteiger charge is 2.19. The molecule has 0 aliphatic carbocycles. The first-order valence-electron chi connectivity index (χ1n) is 7.40. The molecular formula is C20H14F4. The second-order valence-electron chi connectivity index (χ2n) is 5.66. The molecule has 0 spiro atoms. The normalized spacial score (nSPS) is 10.9. The van der Waals surface area contributed by atoms with Crippen LogP contribution in [0.2, 0.25) is 0 Å². The van der Waals surface area contributed by atoms with Gasteiger partial charge in [-0.25, -0.2) is 17.6 Å². The minimum Gasteiger partial charge on any atom is -0.203 e. The molecule has 0 aliphatic rings. The molecule has 3 aromatic rings. The molecule has 3 aromatic carbocycles. The van der Waals surface area contributed by atoms with Crippen LogP contribution >= 0.6 is 0 Å². The van der Waals surface area contributed by atoms with Crippen LogP contribution in [0.1, 0.15) is 11.1 Å². The molecule has 0 saturated carbocycles. The summed E-state index contributed by atoms with van der Waals surface area (Å²) in [7, 11) is 0. The topological polar surface area (TPSA) is 0 Å². The summed E-state index contributed by atoms with van der Waals surface area (Å²) in [5, 5.41) is 0. The molecule has 0 unspecified atom stereocenters. The van der Waals surface area contributed by atoms with Crippen LogP contribution in [0, 0.1) is 37.1 Å². The monoisotopic (exact) mass is 330 g/mol. The lowest BCUT2D eigenvalue weighted by atomic mass is 9.92. The quantitative estimate of drug-likeness (QED) is 0.491. The molecular weight excluding hydrogens is 316 g/mol. The standard InChI is InChI=1S/C20H14F4/c1-11-7-9-15(19(23)17(11)21)13-5-3-4-6-14(13)16-10-8-12(2)18(22)20(16)24/h3-10H,1-2H3. The smallest absolute Gasteiger partial charge is 0.166 e. The molecule has 0 N–H and O–H groups in total. The molecule has 122 valence electrons. The Morgan fingerprint density at radius 2 is 0.833 bits per heavy atom. The molecule has 0 saturated heterocycles. The van der Waals surface area contributed by atoms with Crippen molar-refractivity contribution in [2.75, 3.05) is 0 Å². The van der Waals surface area contributed by atoms with Crippen LogP contribution in [0.15, 0.2) is 48.5 Å². The van der Waals surface area contributed by atoms with Gasteiger partial charge in [0.15, 0.2) is 23.3 Å². The van der Waals surface area contributed by atoms with Crippen LogP contribution in [0.5, 0.6) is 0 Å². The fourth-order valence-corrected chi connectivity index (χ4v) is 2.66. The van der Waals surface area contributed by atoms with E-state index in [1.54, 1.807) is 24.3 Å². The van der Waals surface area contributed by atoms with Gasteiger partial charge >= 0.3 is 0 Å². The Hall–Kier alpha value is -2.62. The lowest BCUT2D eigenvalue weighted by Gasteiger charge is -2.13. The molecule has 24 heavy (non-hydrogen) atoms. The summed E-state index contributed by atoms with van der Waals surface area (Å²) in [6.07, 6.45) is 0. The average Bonchev–Trinajstić information content (AvgIpc) is 2.58. The van der Waals surface area contributed by atoms with E-state index in [2.05, 4.69) is 0 Å². The van der Waals surface area contributed by atoms with Crippen molar-refractivity contribution >= 4 is 0 Å². The van der Waals surface area contributed by atoms with Crippen LogP contribution in [0.25, 0.3) is 22.3 Å². The first kappa shape index (κ1) is 16.2. The van der Waals surface area contributed by atoms with Gasteiger partial charge in [-0.15, -0.1) is 0 Å². The molecule has 0 aromatic heterocycles. The van der Waals surface area contributed by atoms with E-state index in [0.29, 0.717) is 11.1 Å². The molecule has 4 heteroatoms. The van der Waals surface area contributed by atoms with Crippen molar-refractivity contribution in [2.45, 2.75) is 13.8 Å². The van der Waals surface area contributed by atoms with Gasteiger partial charge in [-0.05, 0) is 36.1 Å². The Morgan fingerprint density at radius 1 is 0.458 bits per heavy atom. The number of hydrogen-bond acceptors (Lipinski definition) is 0.